The van der Waals surface area contributed by atoms with Gasteiger partial charge in [-0.05, 0) is 26.3 Å². The molecular formula is C13H19N4O4P. The van der Waals surface area contributed by atoms with Crippen LogP contribution >= 0.6 is 7.60 Å². The smallest absolute Gasteiger partial charge is 0.351 e. The Hall–Kier alpha value is -1.60. The highest BCUT2D eigenvalue weighted by Crippen LogP contribution is 2.35. The molecule has 2 N–H and O–H groups in total. The van der Waals surface area contributed by atoms with Crippen LogP contribution in [-0.4, -0.2) is 41.8 Å². The number of imidazole rings is 1. The Morgan fingerprint density at radius 2 is 2.09 bits per heavy atom. The minimum absolute atomic E-state index is 0.189. The quantitative estimate of drug-likeness (QED) is 0.615. The summed E-state index contributed by atoms with van der Waals surface area (Å²) in [5, 5.41) is 0. The number of ether oxygens (including phenoxy) is 1. The first-order valence-electron chi connectivity index (χ1n) is 6.69. The Labute approximate surface area is 128 Å². The lowest BCUT2D eigenvalue weighted by atomic mass is 10.1. The van der Waals surface area contributed by atoms with Crippen molar-refractivity contribution in [3.8, 4) is 0 Å². The average molecular weight is 326 g/mol. The molecule has 2 aromatic heterocycles. The molecular weight excluding hydrogens is 307 g/mol. The fraction of sp³-hybridized carbons (Fsp3) is 0.462. The molecule has 0 saturated heterocycles. The predicted molar refractivity (Wildman–Crippen MR) is 81.4 cm³/mol. The second-order valence-corrected chi connectivity index (χ2v) is 6.72. The molecule has 0 aliphatic rings. The summed E-state index contributed by atoms with van der Waals surface area (Å²) < 4.78 is 17.9. The summed E-state index contributed by atoms with van der Waals surface area (Å²) in [6, 6.07) is -0.189. The van der Waals surface area contributed by atoms with E-state index in [1.807, 2.05) is 18.4 Å². The van der Waals surface area contributed by atoms with Crippen LogP contribution in [0, 0.1) is 6.92 Å². The summed E-state index contributed by atoms with van der Waals surface area (Å²) in [5.74, 6) is 0. The molecule has 8 nitrogen and oxygen atoms in total. The van der Waals surface area contributed by atoms with E-state index in [1.165, 1.54) is 6.33 Å². The van der Waals surface area contributed by atoms with Crippen LogP contribution in [0.1, 0.15) is 25.6 Å². The van der Waals surface area contributed by atoms with Crippen molar-refractivity contribution in [2.45, 2.75) is 32.9 Å². The van der Waals surface area contributed by atoms with Gasteiger partial charge < -0.3 is 19.1 Å². The number of rotatable bonds is 6. The van der Waals surface area contributed by atoms with Crippen LogP contribution in [0.2, 0.25) is 0 Å². The summed E-state index contributed by atoms with van der Waals surface area (Å²) >= 11 is 0. The van der Waals surface area contributed by atoms with Crippen molar-refractivity contribution in [3.05, 3.63) is 30.5 Å². The first-order valence-corrected chi connectivity index (χ1v) is 8.49. The van der Waals surface area contributed by atoms with Crippen molar-refractivity contribution in [1.29, 1.82) is 0 Å². The van der Waals surface area contributed by atoms with Gasteiger partial charge in [0.25, 0.3) is 0 Å². The van der Waals surface area contributed by atoms with E-state index in [0.717, 1.165) is 5.69 Å². The molecule has 0 aromatic carbocycles. The minimum atomic E-state index is -4.20. The highest BCUT2D eigenvalue weighted by atomic mass is 31.2. The van der Waals surface area contributed by atoms with Crippen LogP contribution in [0.25, 0.3) is 11.2 Å². The maximum absolute atomic E-state index is 10.9. The van der Waals surface area contributed by atoms with Crippen molar-refractivity contribution in [1.82, 2.24) is 19.5 Å². The fourth-order valence-corrected chi connectivity index (χ4v) is 2.50. The zero-order valence-electron chi connectivity index (χ0n) is 12.7. The molecule has 2 aromatic rings. The lowest BCUT2D eigenvalue weighted by Gasteiger charge is -2.22. The van der Waals surface area contributed by atoms with Crippen molar-refractivity contribution < 1.29 is 19.1 Å². The average Bonchev–Trinajstić information content (AvgIpc) is 2.87. The standard InChI is InChI=1S/C13H19N4O4P/c1-8(11(4)21-7-22(18,19)20)10(3)17-6-16-12-9(2)14-5-15-13(12)17/h5-6,10-11H,1,7H2,2-4H3,(H2,18,19,20)/t10-,11-/m1/s1. The van der Waals surface area contributed by atoms with Gasteiger partial charge in [-0.15, -0.1) is 0 Å². The van der Waals surface area contributed by atoms with Crippen LogP contribution in [-0.2, 0) is 9.30 Å². The van der Waals surface area contributed by atoms with E-state index < -0.39 is 20.0 Å². The fourth-order valence-electron chi connectivity index (χ4n) is 2.09. The molecule has 0 saturated carbocycles. The highest BCUT2D eigenvalue weighted by molar-refractivity contribution is 7.51. The van der Waals surface area contributed by atoms with E-state index in [4.69, 9.17) is 14.5 Å². The first kappa shape index (κ1) is 16.8. The van der Waals surface area contributed by atoms with Gasteiger partial charge in [0.2, 0.25) is 0 Å². The van der Waals surface area contributed by atoms with E-state index in [2.05, 4.69) is 21.5 Å². The van der Waals surface area contributed by atoms with E-state index in [1.54, 1.807) is 13.3 Å². The molecule has 120 valence electrons. The van der Waals surface area contributed by atoms with Crippen molar-refractivity contribution in [3.63, 3.8) is 0 Å². The van der Waals surface area contributed by atoms with Crippen molar-refractivity contribution in [2.24, 2.45) is 0 Å². The third kappa shape index (κ3) is 3.59. The highest BCUT2D eigenvalue weighted by Gasteiger charge is 2.22. The van der Waals surface area contributed by atoms with Gasteiger partial charge in [0, 0.05) is 0 Å². The summed E-state index contributed by atoms with van der Waals surface area (Å²) in [6.07, 6.45) is 1.98. The van der Waals surface area contributed by atoms with E-state index in [0.29, 0.717) is 16.7 Å². The van der Waals surface area contributed by atoms with Gasteiger partial charge >= 0.3 is 7.60 Å². The van der Waals surface area contributed by atoms with Crippen molar-refractivity contribution >= 4 is 18.8 Å². The number of aromatic nitrogens is 4. The third-order valence-corrected chi connectivity index (χ3v) is 4.00. The molecule has 22 heavy (non-hydrogen) atoms. The Morgan fingerprint density at radius 1 is 1.41 bits per heavy atom. The molecule has 0 amide bonds. The molecule has 0 aliphatic carbocycles. The minimum Gasteiger partial charge on any atom is -0.361 e. The molecule has 0 fully saturated rings. The number of hydrogen-bond donors (Lipinski definition) is 2. The first-order chi connectivity index (χ1) is 10.2. The molecule has 9 heteroatoms. The van der Waals surface area contributed by atoms with Gasteiger partial charge in [-0.1, -0.05) is 6.58 Å². The largest absolute Gasteiger partial charge is 0.361 e. The Balaban J connectivity index is 2.19. The van der Waals surface area contributed by atoms with Gasteiger partial charge in [-0.3, -0.25) is 4.57 Å². The molecule has 0 aliphatic heterocycles. The van der Waals surface area contributed by atoms with E-state index in [9.17, 15) is 4.57 Å². The van der Waals surface area contributed by atoms with Gasteiger partial charge in [0.1, 0.15) is 18.2 Å². The van der Waals surface area contributed by atoms with Gasteiger partial charge in [-0.25, -0.2) is 15.0 Å². The maximum atomic E-state index is 10.9. The Morgan fingerprint density at radius 3 is 2.73 bits per heavy atom. The topological polar surface area (TPSA) is 110 Å². The van der Waals surface area contributed by atoms with Crippen LogP contribution in [0.3, 0.4) is 0 Å². The molecule has 0 radical (unpaired) electrons. The maximum Gasteiger partial charge on any atom is 0.351 e. The monoisotopic (exact) mass is 326 g/mol. The van der Waals surface area contributed by atoms with Crippen LogP contribution in [0.15, 0.2) is 24.8 Å². The normalized spacial score (nSPS) is 15.0. The SMILES string of the molecule is C=C([C@@H](C)n1cnc2c(C)ncnc21)[C@@H](C)OCP(=O)(O)O. The molecule has 2 atom stereocenters. The third-order valence-electron chi connectivity index (χ3n) is 3.51. The van der Waals surface area contributed by atoms with Crippen molar-refractivity contribution in [2.75, 3.05) is 6.35 Å². The lowest BCUT2D eigenvalue weighted by molar-refractivity contribution is 0.107. The summed E-state index contributed by atoms with van der Waals surface area (Å²) in [7, 11) is -4.20. The number of nitrogens with zero attached hydrogens (tertiary/aromatic N) is 4. The zero-order chi connectivity index (χ0) is 16.5. The summed E-state index contributed by atoms with van der Waals surface area (Å²) in [6.45, 7) is 9.43. The number of fused-ring (bicyclic) bond motifs is 1. The summed E-state index contributed by atoms with van der Waals surface area (Å²) in [5.41, 5.74) is 2.85. The second-order valence-electron chi connectivity index (χ2n) is 5.14. The van der Waals surface area contributed by atoms with Crippen LogP contribution in [0.4, 0.5) is 0 Å². The number of aryl methyl sites for hydroxylation is 1. The van der Waals surface area contributed by atoms with Gasteiger partial charge in [0.05, 0.1) is 24.2 Å². The van der Waals surface area contributed by atoms with Crippen LogP contribution < -0.4 is 0 Å². The Kier molecular flexibility index (Phi) is 4.77. The molecule has 2 rings (SSSR count). The second kappa shape index (κ2) is 6.26. The number of hydrogen-bond acceptors (Lipinski definition) is 5. The molecule has 0 bridgehead atoms. The lowest BCUT2D eigenvalue weighted by Crippen LogP contribution is -2.19. The molecule has 2 heterocycles. The van der Waals surface area contributed by atoms with Crippen LogP contribution in [0.5, 0.6) is 0 Å². The van der Waals surface area contributed by atoms with E-state index in [-0.39, 0.29) is 6.04 Å². The molecule has 0 spiro atoms. The summed E-state index contributed by atoms with van der Waals surface area (Å²) in [4.78, 5) is 30.4. The van der Waals surface area contributed by atoms with Gasteiger partial charge in [0.15, 0.2) is 5.65 Å². The Bertz CT molecular complexity index is 739. The molecule has 0 unspecified atom stereocenters. The van der Waals surface area contributed by atoms with Gasteiger partial charge in [-0.2, -0.15) is 0 Å². The zero-order valence-corrected chi connectivity index (χ0v) is 13.6. The van der Waals surface area contributed by atoms with E-state index >= 15 is 0 Å². The predicted octanol–water partition coefficient (Wildman–Crippen LogP) is 1.79.